The van der Waals surface area contributed by atoms with E-state index in [1.807, 2.05) is 20.8 Å². The van der Waals surface area contributed by atoms with E-state index < -0.39 is 29.6 Å². The maximum Gasteiger partial charge on any atom is 0.233 e. The van der Waals surface area contributed by atoms with E-state index in [9.17, 15) is 19.8 Å². The first-order chi connectivity index (χ1) is 13.7. The van der Waals surface area contributed by atoms with E-state index >= 15 is 0 Å². The smallest absolute Gasteiger partial charge is 0.233 e. The van der Waals surface area contributed by atoms with Crippen LogP contribution >= 0.6 is 11.6 Å². The van der Waals surface area contributed by atoms with E-state index in [-0.39, 0.29) is 29.4 Å². The van der Waals surface area contributed by atoms with E-state index in [1.165, 1.54) is 17.0 Å². The Morgan fingerprint density at radius 1 is 1.28 bits per heavy atom. The number of benzene rings is 1. The Morgan fingerprint density at radius 2 is 2.00 bits per heavy atom. The third kappa shape index (κ3) is 3.07. The van der Waals surface area contributed by atoms with Crippen LogP contribution in [0.1, 0.15) is 51.7 Å². The van der Waals surface area contributed by atoms with Crippen molar-refractivity contribution in [2.75, 3.05) is 6.54 Å². The molecule has 4 rings (SSSR count). The van der Waals surface area contributed by atoms with Gasteiger partial charge in [0.1, 0.15) is 5.75 Å². The number of imide groups is 1. The number of rotatable bonds is 4. The van der Waals surface area contributed by atoms with Gasteiger partial charge in [-0.25, -0.2) is 0 Å². The fourth-order valence-electron chi connectivity index (χ4n) is 5.65. The summed E-state index contributed by atoms with van der Waals surface area (Å²) in [5, 5.41) is 21.7. The van der Waals surface area contributed by atoms with Gasteiger partial charge in [0.15, 0.2) is 5.79 Å². The second-order valence-electron chi connectivity index (χ2n) is 8.95. The molecule has 3 aliphatic rings. The van der Waals surface area contributed by atoms with E-state index in [0.717, 1.165) is 0 Å². The molecular formula is C22H28ClNO5. The van der Waals surface area contributed by atoms with Gasteiger partial charge in [0.25, 0.3) is 0 Å². The Hall–Kier alpha value is -1.63. The molecule has 2 amide bonds. The average Bonchev–Trinajstić information content (AvgIpc) is 3.11. The monoisotopic (exact) mass is 421 g/mol. The fraction of sp³-hybridized carbons (Fsp3) is 0.636. The summed E-state index contributed by atoms with van der Waals surface area (Å²) < 4.78 is 6.23. The highest BCUT2D eigenvalue weighted by molar-refractivity contribution is 6.31. The minimum atomic E-state index is -1.49. The van der Waals surface area contributed by atoms with Gasteiger partial charge >= 0.3 is 0 Å². The third-order valence-electron chi connectivity index (χ3n) is 6.95. The van der Waals surface area contributed by atoms with E-state index in [0.29, 0.717) is 36.4 Å². The van der Waals surface area contributed by atoms with Crippen LogP contribution < -0.4 is 0 Å². The van der Waals surface area contributed by atoms with Crippen LogP contribution in [0.25, 0.3) is 0 Å². The zero-order valence-corrected chi connectivity index (χ0v) is 17.7. The van der Waals surface area contributed by atoms with Gasteiger partial charge in [0, 0.05) is 18.4 Å². The average molecular weight is 422 g/mol. The molecule has 2 aliphatic heterocycles. The molecule has 3 fully saturated rings. The van der Waals surface area contributed by atoms with Crippen molar-refractivity contribution >= 4 is 23.4 Å². The Kier molecular flexibility index (Phi) is 5.16. The van der Waals surface area contributed by atoms with Gasteiger partial charge in [-0.05, 0) is 42.9 Å². The predicted molar refractivity (Wildman–Crippen MR) is 107 cm³/mol. The number of hydrogen-bond donors (Lipinski definition) is 2. The number of fused-ring (bicyclic) bond motifs is 3. The molecule has 6 nitrogen and oxygen atoms in total. The lowest BCUT2D eigenvalue weighted by atomic mass is 9.62. The second-order valence-corrected chi connectivity index (χ2v) is 9.36. The van der Waals surface area contributed by atoms with Gasteiger partial charge in [-0.1, -0.05) is 38.4 Å². The van der Waals surface area contributed by atoms with Gasteiger partial charge < -0.3 is 14.9 Å². The summed E-state index contributed by atoms with van der Waals surface area (Å²) in [5.74, 6) is -3.33. The standard InChI is InChI=1S/C22H28ClNO5/c1-4-7-24-20(26)14-9-15(11(2)3)22(28)16(19(14)21(24)27)10-18(29-22)13-6-5-12(25)8-17(13)23/h5-6,8,11,14-16,18-19,25,28H,4,7,9-10H2,1-3H3/t14-,15+,16-,18-,19-,22+/m0/s1. The van der Waals surface area contributed by atoms with Crippen LogP contribution in [0.15, 0.2) is 18.2 Å². The molecular weight excluding hydrogens is 394 g/mol. The van der Waals surface area contributed by atoms with Crippen molar-refractivity contribution in [1.82, 2.24) is 4.90 Å². The van der Waals surface area contributed by atoms with Crippen molar-refractivity contribution in [2.24, 2.45) is 29.6 Å². The molecule has 0 aromatic heterocycles. The number of ether oxygens (including phenoxy) is 1. The van der Waals surface area contributed by atoms with Crippen LogP contribution in [-0.2, 0) is 14.3 Å². The number of carbonyl (C=O) groups is 2. The lowest BCUT2D eigenvalue weighted by Gasteiger charge is -2.46. The molecule has 7 heteroatoms. The minimum absolute atomic E-state index is 0.0553. The second kappa shape index (κ2) is 7.25. The fourth-order valence-corrected chi connectivity index (χ4v) is 5.94. The van der Waals surface area contributed by atoms with Gasteiger partial charge in [-0.15, -0.1) is 0 Å². The molecule has 2 N–H and O–H groups in total. The molecule has 0 spiro atoms. The molecule has 1 aromatic rings. The minimum Gasteiger partial charge on any atom is -0.508 e. The van der Waals surface area contributed by atoms with Crippen LogP contribution in [-0.4, -0.2) is 39.3 Å². The number of hydrogen-bond acceptors (Lipinski definition) is 5. The molecule has 0 unspecified atom stereocenters. The van der Waals surface area contributed by atoms with Crippen molar-refractivity contribution in [2.45, 2.75) is 51.9 Å². The number of aliphatic hydroxyl groups is 1. The highest BCUT2D eigenvalue weighted by atomic mass is 35.5. The number of phenols is 1. The molecule has 1 aromatic carbocycles. The SMILES string of the molecule is CCCN1C(=O)[C@H]2[C@H](C[C@H](C(C)C)[C@@]3(O)O[C@H](c4ccc(O)cc4Cl)C[C@@H]23)C1=O. The molecule has 0 radical (unpaired) electrons. The van der Waals surface area contributed by atoms with E-state index in [4.69, 9.17) is 16.3 Å². The number of carbonyl (C=O) groups excluding carboxylic acids is 2. The molecule has 2 saturated heterocycles. The molecule has 0 bridgehead atoms. The van der Waals surface area contributed by atoms with Gasteiger partial charge in [-0.3, -0.25) is 14.5 Å². The van der Waals surface area contributed by atoms with Crippen molar-refractivity contribution in [3.8, 4) is 5.75 Å². The van der Waals surface area contributed by atoms with Crippen LogP contribution in [0.3, 0.4) is 0 Å². The molecule has 6 atom stereocenters. The zero-order chi connectivity index (χ0) is 21.1. The molecule has 1 saturated carbocycles. The molecule has 1 aliphatic carbocycles. The number of nitrogens with zero attached hydrogens (tertiary/aromatic N) is 1. The number of aromatic hydroxyl groups is 1. The topological polar surface area (TPSA) is 87.1 Å². The first-order valence-corrected chi connectivity index (χ1v) is 10.8. The maximum atomic E-state index is 13.1. The summed E-state index contributed by atoms with van der Waals surface area (Å²) >= 11 is 6.33. The van der Waals surface area contributed by atoms with E-state index in [2.05, 4.69) is 0 Å². The first-order valence-electron chi connectivity index (χ1n) is 10.4. The quantitative estimate of drug-likeness (QED) is 0.726. The highest BCUT2D eigenvalue weighted by Gasteiger charge is 2.67. The summed E-state index contributed by atoms with van der Waals surface area (Å²) in [7, 11) is 0. The highest BCUT2D eigenvalue weighted by Crippen LogP contribution is 2.60. The Bertz CT molecular complexity index is 842. The number of amides is 2. The first kappa shape index (κ1) is 20.6. The van der Waals surface area contributed by atoms with Crippen LogP contribution in [0, 0.1) is 29.6 Å². The number of phenolic OH excluding ortho intramolecular Hbond substituents is 1. The van der Waals surface area contributed by atoms with Crippen LogP contribution in [0.4, 0.5) is 0 Å². The Labute approximate surface area is 175 Å². The van der Waals surface area contributed by atoms with Crippen molar-refractivity contribution < 1.29 is 24.5 Å². The van der Waals surface area contributed by atoms with Crippen molar-refractivity contribution in [3.05, 3.63) is 28.8 Å². The van der Waals surface area contributed by atoms with Crippen molar-refractivity contribution in [3.63, 3.8) is 0 Å². The van der Waals surface area contributed by atoms with Gasteiger partial charge in [0.05, 0.1) is 23.0 Å². The summed E-state index contributed by atoms with van der Waals surface area (Å²) in [6.45, 7) is 6.37. The van der Waals surface area contributed by atoms with Gasteiger partial charge in [0.2, 0.25) is 11.8 Å². The van der Waals surface area contributed by atoms with Crippen LogP contribution in [0.2, 0.25) is 5.02 Å². The Balaban J connectivity index is 1.73. The number of likely N-dealkylation sites (tertiary alicyclic amines) is 1. The largest absolute Gasteiger partial charge is 0.508 e. The zero-order valence-electron chi connectivity index (χ0n) is 17.0. The summed E-state index contributed by atoms with van der Waals surface area (Å²) in [4.78, 5) is 27.5. The lowest BCUT2D eigenvalue weighted by Crippen LogP contribution is -2.55. The summed E-state index contributed by atoms with van der Waals surface area (Å²) in [5.41, 5.74) is 0.675. The third-order valence-corrected chi connectivity index (χ3v) is 7.28. The molecule has 2 heterocycles. The lowest BCUT2D eigenvalue weighted by molar-refractivity contribution is -0.276. The summed E-state index contributed by atoms with van der Waals surface area (Å²) in [6, 6.07) is 4.67. The van der Waals surface area contributed by atoms with E-state index in [1.54, 1.807) is 6.07 Å². The molecule has 29 heavy (non-hydrogen) atoms. The van der Waals surface area contributed by atoms with Crippen LogP contribution in [0.5, 0.6) is 5.75 Å². The summed E-state index contributed by atoms with van der Waals surface area (Å²) in [6.07, 6.45) is 1.06. The predicted octanol–water partition coefficient (Wildman–Crippen LogP) is 3.50. The molecule has 158 valence electrons. The van der Waals surface area contributed by atoms with Gasteiger partial charge in [-0.2, -0.15) is 0 Å². The van der Waals surface area contributed by atoms with Crippen molar-refractivity contribution in [1.29, 1.82) is 0 Å². The Morgan fingerprint density at radius 3 is 2.62 bits per heavy atom. The normalized spacial score (nSPS) is 36.6. The maximum absolute atomic E-state index is 13.1. The number of halogens is 1.